The van der Waals surface area contributed by atoms with Gasteiger partial charge in [0, 0.05) is 32.1 Å². The smallest absolute Gasteiger partial charge is 0.411 e. The van der Waals surface area contributed by atoms with E-state index in [1.807, 2.05) is 53.6 Å². The van der Waals surface area contributed by atoms with E-state index >= 15 is 0 Å². The van der Waals surface area contributed by atoms with Gasteiger partial charge in [-0.25, -0.2) is 4.79 Å². The van der Waals surface area contributed by atoms with E-state index in [1.165, 1.54) is 0 Å². The number of anilines is 1. The van der Waals surface area contributed by atoms with Crippen molar-refractivity contribution in [1.29, 1.82) is 0 Å². The van der Waals surface area contributed by atoms with Gasteiger partial charge in [0.25, 0.3) is 0 Å². The van der Waals surface area contributed by atoms with Gasteiger partial charge < -0.3 is 9.64 Å². The molecule has 1 spiro atoms. The number of hydrogen-bond acceptors (Lipinski definition) is 4. The van der Waals surface area contributed by atoms with E-state index in [1.54, 1.807) is 6.20 Å². The molecule has 31 heavy (non-hydrogen) atoms. The van der Waals surface area contributed by atoms with Crippen molar-refractivity contribution >= 4 is 11.8 Å². The summed E-state index contributed by atoms with van der Waals surface area (Å²) in [6.07, 6.45) is 5.00. The zero-order chi connectivity index (χ0) is 21.3. The Kier molecular flexibility index (Phi) is 4.89. The summed E-state index contributed by atoms with van der Waals surface area (Å²) >= 11 is 0. The summed E-state index contributed by atoms with van der Waals surface area (Å²) in [5.41, 5.74) is 2.21. The Morgan fingerprint density at radius 2 is 1.61 bits per heavy atom. The predicted octanol–water partition coefficient (Wildman–Crippen LogP) is 4.99. The summed E-state index contributed by atoms with van der Waals surface area (Å²) in [5.74, 6) is 0. The van der Waals surface area contributed by atoms with E-state index in [9.17, 15) is 4.79 Å². The van der Waals surface area contributed by atoms with Gasteiger partial charge >= 0.3 is 6.09 Å². The van der Waals surface area contributed by atoms with Crippen molar-refractivity contribution in [2.45, 2.75) is 37.5 Å². The van der Waals surface area contributed by atoms with E-state index in [0.717, 1.165) is 42.7 Å². The van der Waals surface area contributed by atoms with Crippen molar-refractivity contribution in [1.82, 2.24) is 9.88 Å². The molecule has 0 aliphatic carbocycles. The average Bonchev–Trinajstić information content (AvgIpc) is 3.03. The summed E-state index contributed by atoms with van der Waals surface area (Å²) in [5, 5.41) is 0. The van der Waals surface area contributed by atoms with Crippen LogP contribution in [0.2, 0.25) is 0 Å². The van der Waals surface area contributed by atoms with Crippen LogP contribution in [0.4, 0.5) is 10.5 Å². The molecule has 2 saturated heterocycles. The molecule has 5 rings (SSSR count). The van der Waals surface area contributed by atoms with Crippen LogP contribution in [-0.4, -0.2) is 34.7 Å². The Balaban J connectivity index is 1.50. The average molecular weight is 414 g/mol. The first kappa shape index (κ1) is 19.6. The van der Waals surface area contributed by atoms with Crippen molar-refractivity contribution in [3.63, 3.8) is 0 Å². The molecular weight excluding hydrogens is 386 g/mol. The van der Waals surface area contributed by atoms with Crippen LogP contribution in [0.25, 0.3) is 0 Å². The van der Waals surface area contributed by atoms with Gasteiger partial charge in [0.2, 0.25) is 0 Å². The van der Waals surface area contributed by atoms with E-state index in [0.29, 0.717) is 6.54 Å². The van der Waals surface area contributed by atoms with Crippen LogP contribution in [0.5, 0.6) is 0 Å². The normalized spacial score (nSPS) is 22.5. The Labute approximate surface area is 183 Å². The fourth-order valence-corrected chi connectivity index (χ4v) is 5.18. The summed E-state index contributed by atoms with van der Waals surface area (Å²) in [6, 6.07) is 24.5. The molecule has 0 N–H and O–H groups in total. The van der Waals surface area contributed by atoms with Gasteiger partial charge in [0.15, 0.2) is 0 Å². The molecule has 2 fully saturated rings. The Morgan fingerprint density at radius 1 is 0.935 bits per heavy atom. The highest BCUT2D eigenvalue weighted by Crippen LogP contribution is 2.52. The van der Waals surface area contributed by atoms with Crippen LogP contribution in [0, 0.1) is 0 Å². The topological polar surface area (TPSA) is 45.7 Å². The molecule has 1 amide bonds. The van der Waals surface area contributed by atoms with Gasteiger partial charge in [-0.15, -0.1) is 0 Å². The number of pyridine rings is 1. The fourth-order valence-electron chi connectivity index (χ4n) is 5.18. The third-order valence-corrected chi connectivity index (χ3v) is 7.03. The molecule has 5 nitrogen and oxygen atoms in total. The molecule has 0 saturated carbocycles. The van der Waals surface area contributed by atoms with Gasteiger partial charge in [-0.05, 0) is 30.2 Å². The second kappa shape index (κ2) is 7.73. The van der Waals surface area contributed by atoms with Gasteiger partial charge in [0.1, 0.15) is 11.1 Å². The predicted molar refractivity (Wildman–Crippen MR) is 121 cm³/mol. The lowest BCUT2D eigenvalue weighted by molar-refractivity contribution is -0.0322. The molecule has 2 aliphatic rings. The Bertz CT molecular complexity index is 1030. The van der Waals surface area contributed by atoms with E-state index in [4.69, 9.17) is 4.74 Å². The quantitative estimate of drug-likeness (QED) is 0.605. The summed E-state index contributed by atoms with van der Waals surface area (Å²) in [7, 11) is 0. The molecule has 5 heteroatoms. The number of ether oxygens (including phenoxy) is 1. The standard InChI is InChI=1S/C26H27N3O2/c1-25(22-11-6-3-7-12-22)26(14-17-28(18-15-26)23-13-8-16-27-19-23)31-24(30)29(25)20-21-9-4-2-5-10-21/h2-13,16,19H,14-15,17-18,20H2,1H3. The molecule has 1 aromatic heterocycles. The summed E-state index contributed by atoms with van der Waals surface area (Å²) in [6.45, 7) is 4.34. The number of piperidine rings is 1. The molecule has 3 heterocycles. The maximum absolute atomic E-state index is 13.3. The van der Waals surface area contributed by atoms with E-state index in [2.05, 4.69) is 47.1 Å². The third kappa shape index (κ3) is 3.25. The number of nitrogens with zero attached hydrogens (tertiary/aromatic N) is 3. The molecule has 158 valence electrons. The van der Waals surface area contributed by atoms with Crippen molar-refractivity contribution < 1.29 is 9.53 Å². The van der Waals surface area contributed by atoms with Crippen molar-refractivity contribution in [2.75, 3.05) is 18.0 Å². The van der Waals surface area contributed by atoms with Crippen LogP contribution >= 0.6 is 0 Å². The minimum atomic E-state index is -0.571. The van der Waals surface area contributed by atoms with Crippen molar-refractivity contribution in [3.8, 4) is 0 Å². The maximum atomic E-state index is 13.3. The van der Waals surface area contributed by atoms with E-state index < -0.39 is 11.1 Å². The zero-order valence-corrected chi connectivity index (χ0v) is 17.8. The van der Waals surface area contributed by atoms with Gasteiger partial charge in [-0.3, -0.25) is 9.88 Å². The first-order valence-electron chi connectivity index (χ1n) is 10.9. The first-order chi connectivity index (χ1) is 15.1. The lowest BCUT2D eigenvalue weighted by Gasteiger charge is -2.48. The number of hydrogen-bond donors (Lipinski definition) is 0. The molecule has 1 atom stereocenters. The number of carbonyl (C=O) groups is 1. The SMILES string of the molecule is CC1(c2ccccc2)N(Cc2ccccc2)C(=O)OC12CCN(c1cccnc1)CC2. The zero-order valence-electron chi connectivity index (χ0n) is 17.8. The van der Waals surface area contributed by atoms with Gasteiger partial charge in [0.05, 0.1) is 18.4 Å². The molecule has 2 aromatic carbocycles. The second-order valence-corrected chi connectivity index (χ2v) is 8.57. The minimum Gasteiger partial charge on any atom is -0.440 e. The van der Waals surface area contributed by atoms with Crippen LogP contribution in [0.15, 0.2) is 85.2 Å². The van der Waals surface area contributed by atoms with Crippen LogP contribution < -0.4 is 4.90 Å². The van der Waals surface area contributed by atoms with Crippen molar-refractivity contribution in [2.24, 2.45) is 0 Å². The molecular formula is C26H27N3O2. The largest absolute Gasteiger partial charge is 0.440 e. The lowest BCUT2D eigenvalue weighted by atomic mass is 9.70. The minimum absolute atomic E-state index is 0.231. The molecule has 3 aromatic rings. The van der Waals surface area contributed by atoms with Crippen LogP contribution in [-0.2, 0) is 16.8 Å². The highest BCUT2D eigenvalue weighted by atomic mass is 16.6. The fraction of sp³-hybridized carbons (Fsp3) is 0.308. The van der Waals surface area contributed by atoms with Crippen LogP contribution in [0.1, 0.15) is 30.9 Å². The molecule has 1 unspecified atom stereocenters. The monoisotopic (exact) mass is 413 g/mol. The van der Waals surface area contributed by atoms with Crippen molar-refractivity contribution in [3.05, 3.63) is 96.3 Å². The number of carbonyl (C=O) groups excluding carboxylic acids is 1. The van der Waals surface area contributed by atoms with Crippen LogP contribution in [0.3, 0.4) is 0 Å². The highest BCUT2D eigenvalue weighted by Gasteiger charge is 2.63. The third-order valence-electron chi connectivity index (χ3n) is 7.03. The lowest BCUT2D eigenvalue weighted by Crippen LogP contribution is -2.58. The Morgan fingerprint density at radius 3 is 2.26 bits per heavy atom. The highest BCUT2D eigenvalue weighted by molar-refractivity contribution is 5.74. The van der Waals surface area contributed by atoms with Gasteiger partial charge in [-0.1, -0.05) is 60.7 Å². The molecule has 2 aliphatic heterocycles. The number of amides is 1. The molecule has 0 radical (unpaired) electrons. The Hall–Kier alpha value is -3.34. The summed E-state index contributed by atoms with van der Waals surface area (Å²) in [4.78, 5) is 21.8. The van der Waals surface area contributed by atoms with Gasteiger partial charge in [-0.2, -0.15) is 0 Å². The van der Waals surface area contributed by atoms with E-state index in [-0.39, 0.29) is 6.09 Å². The maximum Gasteiger partial charge on any atom is 0.411 e. The number of benzene rings is 2. The number of rotatable bonds is 4. The second-order valence-electron chi connectivity index (χ2n) is 8.57. The molecule has 0 bridgehead atoms. The summed E-state index contributed by atoms with van der Waals surface area (Å²) < 4.78 is 6.27. The first-order valence-corrected chi connectivity index (χ1v) is 10.9. The number of aromatic nitrogens is 1.